The van der Waals surface area contributed by atoms with E-state index in [1.54, 1.807) is 6.92 Å². The zero-order chi connectivity index (χ0) is 18.7. The molecule has 0 bridgehead atoms. The van der Waals surface area contributed by atoms with Crippen molar-refractivity contribution in [1.82, 2.24) is 14.9 Å². The van der Waals surface area contributed by atoms with Crippen LogP contribution in [0, 0.1) is 25.6 Å². The number of hydrogen-bond acceptors (Lipinski definition) is 5. The Morgan fingerprint density at radius 1 is 1.15 bits per heavy atom. The Morgan fingerprint density at radius 2 is 1.88 bits per heavy atom. The lowest BCUT2D eigenvalue weighted by Crippen LogP contribution is -2.39. The van der Waals surface area contributed by atoms with Crippen molar-refractivity contribution in [3.63, 3.8) is 0 Å². The number of nitrogens with one attached hydrogen (secondary N) is 1. The van der Waals surface area contributed by atoms with Gasteiger partial charge >= 0.3 is 0 Å². The highest BCUT2D eigenvalue weighted by molar-refractivity contribution is 7.89. The van der Waals surface area contributed by atoms with E-state index in [4.69, 9.17) is 0 Å². The third-order valence-electron chi connectivity index (χ3n) is 4.71. The van der Waals surface area contributed by atoms with Crippen molar-refractivity contribution in [2.45, 2.75) is 31.6 Å². The number of rotatable bonds is 5. The van der Waals surface area contributed by atoms with Crippen LogP contribution in [0.1, 0.15) is 24.1 Å². The Hall–Kier alpha value is -2.06. The second kappa shape index (κ2) is 7.67. The molecule has 1 aromatic carbocycles. The number of hydrogen-bond donors (Lipinski definition) is 1. The first kappa shape index (κ1) is 18.7. The van der Waals surface area contributed by atoms with E-state index in [1.807, 2.05) is 19.1 Å². The maximum Gasteiger partial charge on any atom is 0.240 e. The van der Waals surface area contributed by atoms with Crippen LogP contribution in [0.15, 0.2) is 35.2 Å². The van der Waals surface area contributed by atoms with Crippen molar-refractivity contribution in [2.75, 3.05) is 24.5 Å². The normalized spacial score (nSPS) is 16.0. The average molecular weight is 378 g/mol. The quantitative estimate of drug-likeness (QED) is 0.865. The lowest BCUT2D eigenvalue weighted by molar-refractivity contribution is 0.400. The standard InChI is InChI=1S/C18H23FN4O2S/c1-13-11-16(19)4-5-17(13)26(24,25)20-12-15-7-9-23(10-8-15)18-6-3-14(2)21-22-18/h3-6,11,15,20H,7-10,12H2,1-2H3. The molecule has 0 radical (unpaired) electrons. The molecule has 1 aliphatic rings. The highest BCUT2D eigenvalue weighted by Gasteiger charge is 2.23. The van der Waals surface area contributed by atoms with Crippen molar-refractivity contribution >= 4 is 15.8 Å². The van der Waals surface area contributed by atoms with Crippen molar-refractivity contribution in [3.05, 3.63) is 47.4 Å². The van der Waals surface area contributed by atoms with Gasteiger partial charge in [-0.25, -0.2) is 17.5 Å². The van der Waals surface area contributed by atoms with Crippen LogP contribution in [0.2, 0.25) is 0 Å². The van der Waals surface area contributed by atoms with E-state index in [-0.39, 0.29) is 10.8 Å². The summed E-state index contributed by atoms with van der Waals surface area (Å²) < 4.78 is 40.8. The number of anilines is 1. The van der Waals surface area contributed by atoms with Gasteiger partial charge in [-0.1, -0.05) is 0 Å². The third kappa shape index (κ3) is 4.37. The lowest BCUT2D eigenvalue weighted by atomic mass is 9.97. The van der Waals surface area contributed by atoms with E-state index >= 15 is 0 Å². The summed E-state index contributed by atoms with van der Waals surface area (Å²) in [5.74, 6) is 0.685. The van der Waals surface area contributed by atoms with E-state index in [2.05, 4.69) is 19.8 Å². The number of halogens is 1. The summed E-state index contributed by atoms with van der Waals surface area (Å²) in [4.78, 5) is 2.30. The fourth-order valence-corrected chi connectivity index (χ4v) is 4.49. The first-order valence-corrected chi connectivity index (χ1v) is 10.1. The van der Waals surface area contributed by atoms with Gasteiger partial charge in [0.1, 0.15) is 5.82 Å². The summed E-state index contributed by atoms with van der Waals surface area (Å²) in [7, 11) is -3.63. The lowest BCUT2D eigenvalue weighted by Gasteiger charge is -2.32. The number of aryl methyl sites for hydroxylation is 2. The fraction of sp³-hybridized carbons (Fsp3) is 0.444. The molecule has 0 aliphatic carbocycles. The van der Waals surface area contributed by atoms with Gasteiger partial charge in [-0.05, 0) is 68.5 Å². The summed E-state index contributed by atoms with van der Waals surface area (Å²) in [5.41, 5.74) is 1.29. The first-order valence-electron chi connectivity index (χ1n) is 8.66. The van der Waals surface area contributed by atoms with Gasteiger partial charge in [0.2, 0.25) is 10.0 Å². The molecule has 1 aromatic heterocycles. The molecule has 140 valence electrons. The second-order valence-electron chi connectivity index (χ2n) is 6.73. The van der Waals surface area contributed by atoms with Crippen LogP contribution >= 0.6 is 0 Å². The molecule has 1 saturated heterocycles. The summed E-state index contributed by atoms with van der Waals surface area (Å²) in [6.45, 7) is 5.52. The van der Waals surface area contributed by atoms with Crippen molar-refractivity contribution in [1.29, 1.82) is 0 Å². The Morgan fingerprint density at radius 3 is 2.50 bits per heavy atom. The molecule has 8 heteroatoms. The Bertz CT molecular complexity index is 863. The fourth-order valence-electron chi connectivity index (χ4n) is 3.15. The predicted molar refractivity (Wildman–Crippen MR) is 98.0 cm³/mol. The minimum Gasteiger partial charge on any atom is -0.355 e. The summed E-state index contributed by atoms with van der Waals surface area (Å²) in [6.07, 6.45) is 1.75. The molecule has 1 N–H and O–H groups in total. The molecule has 1 fully saturated rings. The minimum absolute atomic E-state index is 0.131. The molecular formula is C18H23FN4O2S. The molecule has 3 rings (SSSR count). The molecule has 1 aliphatic heterocycles. The van der Waals surface area contributed by atoms with Crippen molar-refractivity contribution < 1.29 is 12.8 Å². The molecular weight excluding hydrogens is 355 g/mol. The minimum atomic E-state index is -3.63. The van der Waals surface area contributed by atoms with Crippen LogP contribution in [-0.2, 0) is 10.0 Å². The number of nitrogens with zero attached hydrogens (tertiary/aromatic N) is 3. The molecule has 0 atom stereocenters. The Balaban J connectivity index is 1.55. The maximum atomic E-state index is 13.2. The molecule has 0 spiro atoms. The van der Waals surface area contributed by atoms with E-state index in [0.717, 1.165) is 37.4 Å². The molecule has 0 unspecified atom stereocenters. The molecule has 26 heavy (non-hydrogen) atoms. The molecule has 0 saturated carbocycles. The van der Waals surface area contributed by atoms with E-state index < -0.39 is 15.8 Å². The number of aromatic nitrogens is 2. The van der Waals surface area contributed by atoms with Crippen molar-refractivity contribution in [2.24, 2.45) is 5.92 Å². The van der Waals surface area contributed by atoms with Gasteiger partial charge < -0.3 is 4.90 Å². The molecule has 2 aromatic rings. The van der Waals surface area contributed by atoms with Gasteiger partial charge in [-0.15, -0.1) is 5.10 Å². The Kier molecular flexibility index (Phi) is 5.52. The summed E-state index contributed by atoms with van der Waals surface area (Å²) >= 11 is 0. The van der Waals surface area contributed by atoms with E-state index in [0.29, 0.717) is 12.1 Å². The number of piperidine rings is 1. The topological polar surface area (TPSA) is 75.2 Å². The molecule has 6 nitrogen and oxygen atoms in total. The van der Waals surface area contributed by atoms with Gasteiger partial charge in [-0.3, -0.25) is 0 Å². The van der Waals surface area contributed by atoms with Crippen LogP contribution in [0.25, 0.3) is 0 Å². The summed E-state index contributed by atoms with van der Waals surface area (Å²) in [6, 6.07) is 7.61. The number of sulfonamides is 1. The molecule has 2 heterocycles. The first-order chi connectivity index (χ1) is 12.3. The molecule has 0 amide bonds. The SMILES string of the molecule is Cc1ccc(N2CCC(CNS(=O)(=O)c3ccc(F)cc3C)CC2)nn1. The van der Waals surface area contributed by atoms with Gasteiger partial charge in [0.05, 0.1) is 10.6 Å². The predicted octanol–water partition coefficient (Wildman–Crippen LogP) is 2.43. The Labute approximate surface area is 153 Å². The monoisotopic (exact) mass is 378 g/mol. The van der Waals surface area contributed by atoms with Gasteiger partial charge in [0.15, 0.2) is 5.82 Å². The van der Waals surface area contributed by atoms with Crippen LogP contribution in [0.5, 0.6) is 0 Å². The van der Waals surface area contributed by atoms with E-state index in [9.17, 15) is 12.8 Å². The van der Waals surface area contributed by atoms with Crippen LogP contribution in [-0.4, -0.2) is 38.2 Å². The highest BCUT2D eigenvalue weighted by atomic mass is 32.2. The van der Waals surface area contributed by atoms with Gasteiger partial charge in [0.25, 0.3) is 0 Å². The largest absolute Gasteiger partial charge is 0.355 e. The van der Waals surface area contributed by atoms with Gasteiger partial charge in [-0.2, -0.15) is 5.10 Å². The zero-order valence-electron chi connectivity index (χ0n) is 14.9. The maximum absolute atomic E-state index is 13.2. The smallest absolute Gasteiger partial charge is 0.240 e. The van der Waals surface area contributed by atoms with Crippen LogP contribution < -0.4 is 9.62 Å². The zero-order valence-corrected chi connectivity index (χ0v) is 15.8. The van der Waals surface area contributed by atoms with E-state index in [1.165, 1.54) is 18.2 Å². The highest BCUT2D eigenvalue weighted by Crippen LogP contribution is 2.22. The van der Waals surface area contributed by atoms with Gasteiger partial charge in [0, 0.05) is 19.6 Å². The average Bonchev–Trinajstić information content (AvgIpc) is 2.61. The van der Waals surface area contributed by atoms with Crippen LogP contribution in [0.4, 0.5) is 10.2 Å². The number of benzene rings is 1. The van der Waals surface area contributed by atoms with Crippen molar-refractivity contribution in [3.8, 4) is 0 Å². The second-order valence-corrected chi connectivity index (χ2v) is 8.46. The summed E-state index contributed by atoms with van der Waals surface area (Å²) in [5, 5.41) is 8.28. The van der Waals surface area contributed by atoms with Crippen LogP contribution in [0.3, 0.4) is 0 Å². The third-order valence-corrected chi connectivity index (χ3v) is 6.29.